The maximum Gasteiger partial charge on any atom is 3.00 e. The van der Waals surface area contributed by atoms with Gasteiger partial charge >= 0.3 is 26.2 Å². The van der Waals surface area contributed by atoms with E-state index in [2.05, 4.69) is 207 Å². The van der Waals surface area contributed by atoms with Crippen molar-refractivity contribution in [1.29, 1.82) is 0 Å². The molecular formula is C58H61SiZr. The number of benzene rings is 6. The molecule has 0 fully saturated rings. The van der Waals surface area contributed by atoms with Crippen LogP contribution in [0.1, 0.15) is 102 Å². The predicted molar refractivity (Wildman–Crippen MR) is 260 cm³/mol. The zero-order chi connectivity index (χ0) is 41.5. The number of hydrogen-bond donors (Lipinski definition) is 0. The number of fused-ring (bicyclic) bond motifs is 5. The van der Waals surface area contributed by atoms with Crippen molar-refractivity contribution in [3.8, 4) is 33.4 Å². The Morgan fingerprint density at radius 2 is 0.917 bits per heavy atom. The van der Waals surface area contributed by atoms with Gasteiger partial charge in [-0.15, -0.1) is 74.6 Å². The molecule has 301 valence electrons. The SMILES string of the molecule is CCC(C)c1ccccc1-c1cccc2[cH-]c(CC(C)C)cc12.CCC(C)c1ccccc1-c1cccc2[cH-]c(CC(C)C)cc12.[Zr+3].[c-]1cccc2c1[Si]c1ccccc1-2. The molecule has 2 atom stereocenters. The van der Waals surface area contributed by atoms with Crippen LogP contribution in [0.4, 0.5) is 0 Å². The van der Waals surface area contributed by atoms with E-state index in [1.807, 2.05) is 6.07 Å². The topological polar surface area (TPSA) is 0 Å². The van der Waals surface area contributed by atoms with Gasteiger partial charge in [0.25, 0.3) is 0 Å². The second kappa shape index (κ2) is 20.9. The molecular weight excluding hydrogens is 816 g/mol. The molecule has 60 heavy (non-hydrogen) atoms. The van der Waals surface area contributed by atoms with Crippen LogP contribution in [-0.2, 0) is 39.0 Å². The van der Waals surface area contributed by atoms with E-state index < -0.39 is 0 Å². The van der Waals surface area contributed by atoms with Crippen molar-refractivity contribution in [2.75, 3.05) is 0 Å². The maximum atomic E-state index is 3.31. The van der Waals surface area contributed by atoms with Crippen molar-refractivity contribution in [3.63, 3.8) is 0 Å². The molecule has 1 aliphatic heterocycles. The molecule has 8 aromatic rings. The van der Waals surface area contributed by atoms with Crippen LogP contribution in [0, 0.1) is 17.9 Å². The molecule has 0 saturated heterocycles. The molecule has 0 amide bonds. The molecule has 0 N–H and O–H groups in total. The number of rotatable bonds is 10. The van der Waals surface area contributed by atoms with Gasteiger partial charge in [0.05, 0.1) is 9.52 Å². The van der Waals surface area contributed by atoms with Crippen molar-refractivity contribution in [2.45, 2.75) is 92.9 Å². The molecule has 0 spiro atoms. The van der Waals surface area contributed by atoms with Crippen LogP contribution < -0.4 is 10.4 Å². The summed E-state index contributed by atoms with van der Waals surface area (Å²) >= 11 is 0. The third kappa shape index (κ3) is 10.4. The van der Waals surface area contributed by atoms with Gasteiger partial charge in [-0.2, -0.15) is 41.6 Å². The summed E-state index contributed by atoms with van der Waals surface area (Å²) in [5.41, 5.74) is 14.2. The van der Waals surface area contributed by atoms with Crippen molar-refractivity contribution < 1.29 is 26.2 Å². The fourth-order valence-corrected chi connectivity index (χ4v) is 10.1. The van der Waals surface area contributed by atoms with E-state index in [9.17, 15) is 0 Å². The average Bonchev–Trinajstić information content (AvgIpc) is 3.97. The van der Waals surface area contributed by atoms with Gasteiger partial charge in [0, 0.05) is 0 Å². The van der Waals surface area contributed by atoms with Crippen molar-refractivity contribution in [2.24, 2.45) is 11.8 Å². The van der Waals surface area contributed by atoms with Crippen molar-refractivity contribution >= 4 is 41.4 Å². The molecule has 0 nitrogen and oxygen atoms in total. The Balaban J connectivity index is 0.000000155. The number of hydrogen-bond acceptors (Lipinski definition) is 0. The van der Waals surface area contributed by atoms with Crippen molar-refractivity contribution in [1.82, 2.24) is 0 Å². The molecule has 9 rings (SSSR count). The summed E-state index contributed by atoms with van der Waals surface area (Å²) in [5.74, 6) is 2.57. The summed E-state index contributed by atoms with van der Waals surface area (Å²) in [4.78, 5) is 0. The minimum atomic E-state index is 0. The molecule has 8 aromatic carbocycles. The fraction of sp³-hybridized carbons (Fsp3) is 0.276. The summed E-state index contributed by atoms with van der Waals surface area (Å²) in [5, 5.41) is 8.37. The van der Waals surface area contributed by atoms with Gasteiger partial charge in [0.15, 0.2) is 0 Å². The second-order valence-electron chi connectivity index (χ2n) is 17.5. The van der Waals surface area contributed by atoms with Gasteiger partial charge in [-0.05, 0) is 71.6 Å². The molecule has 1 heterocycles. The van der Waals surface area contributed by atoms with Crippen LogP contribution in [0.3, 0.4) is 0 Å². The standard InChI is InChI=1S/2C23H27.C12H7Si.Zr/c2*1-5-17(4)20-10-6-7-11-21(20)22-12-8-9-19-14-18(13-16(2)3)15-23(19)22;1-3-7-11-9(5-1)10-6-2-4-8-12(10)13-11;/h2*6-12,14-17H,5,13H2,1-4H3;1-7H;/q3*-1;+3. The van der Waals surface area contributed by atoms with E-state index in [4.69, 9.17) is 0 Å². The van der Waals surface area contributed by atoms with E-state index in [1.54, 1.807) is 0 Å². The normalized spacial score (nSPS) is 12.6. The zero-order valence-electron chi connectivity index (χ0n) is 37.1. The summed E-state index contributed by atoms with van der Waals surface area (Å²) in [6.45, 7) is 18.3. The molecule has 0 saturated carbocycles. The van der Waals surface area contributed by atoms with Gasteiger partial charge in [-0.1, -0.05) is 162 Å². The molecule has 2 heteroatoms. The molecule has 2 unspecified atom stereocenters. The van der Waals surface area contributed by atoms with Crippen LogP contribution in [-0.4, -0.2) is 9.52 Å². The second-order valence-corrected chi connectivity index (χ2v) is 18.8. The Labute approximate surface area is 383 Å². The average molecular weight is 877 g/mol. The van der Waals surface area contributed by atoms with Crippen LogP contribution in [0.25, 0.3) is 54.9 Å². The monoisotopic (exact) mass is 875 g/mol. The largest absolute Gasteiger partial charge is 3.00 e. The van der Waals surface area contributed by atoms with Gasteiger partial charge in [0.1, 0.15) is 0 Å². The Morgan fingerprint density at radius 1 is 0.483 bits per heavy atom. The smallest absolute Gasteiger partial charge is 0.184 e. The zero-order valence-corrected chi connectivity index (χ0v) is 40.5. The predicted octanol–water partition coefficient (Wildman–Crippen LogP) is 15.0. The van der Waals surface area contributed by atoms with E-state index in [0.29, 0.717) is 23.7 Å². The third-order valence-corrected chi connectivity index (χ3v) is 13.4. The molecule has 0 bridgehead atoms. The van der Waals surface area contributed by atoms with Crippen LogP contribution in [0.5, 0.6) is 0 Å². The first-order valence-electron chi connectivity index (χ1n) is 22.1. The van der Waals surface area contributed by atoms with Crippen LogP contribution >= 0.6 is 0 Å². The van der Waals surface area contributed by atoms with Gasteiger partial charge in [0.2, 0.25) is 0 Å². The Bertz CT molecular complexity index is 2430. The quantitative estimate of drug-likeness (QED) is 0.0948. The molecule has 0 aromatic heterocycles. The van der Waals surface area contributed by atoms with Gasteiger partial charge in [-0.25, -0.2) is 0 Å². The van der Waals surface area contributed by atoms with E-state index in [0.717, 1.165) is 22.4 Å². The van der Waals surface area contributed by atoms with Crippen LogP contribution in [0.2, 0.25) is 0 Å². The maximum absolute atomic E-state index is 3.31. The summed E-state index contributed by atoms with van der Waals surface area (Å²) in [6.07, 6.45) is 4.65. The summed E-state index contributed by atoms with van der Waals surface area (Å²) in [6, 6.07) is 59.0. The van der Waals surface area contributed by atoms with E-state index >= 15 is 0 Å². The first-order chi connectivity index (χ1) is 28.6. The molecule has 0 aliphatic carbocycles. The van der Waals surface area contributed by atoms with Crippen LogP contribution in [0.15, 0.2) is 152 Å². The molecule has 1 aliphatic rings. The van der Waals surface area contributed by atoms with Gasteiger partial charge < -0.3 is 0 Å². The first-order valence-corrected chi connectivity index (χ1v) is 23.1. The summed E-state index contributed by atoms with van der Waals surface area (Å²) in [7, 11) is 0.795. The molecule has 3 radical (unpaired) electrons. The third-order valence-electron chi connectivity index (χ3n) is 12.0. The Morgan fingerprint density at radius 3 is 1.40 bits per heavy atom. The van der Waals surface area contributed by atoms with E-state index in [-0.39, 0.29) is 26.2 Å². The minimum Gasteiger partial charge on any atom is -0.184 e. The minimum absolute atomic E-state index is 0. The van der Waals surface area contributed by atoms with Crippen molar-refractivity contribution in [3.05, 3.63) is 180 Å². The van der Waals surface area contributed by atoms with E-state index in [1.165, 1.54) is 100 Å². The Kier molecular flexibility index (Phi) is 15.8. The first kappa shape index (κ1) is 45.2. The summed E-state index contributed by atoms with van der Waals surface area (Å²) < 4.78 is 0. The van der Waals surface area contributed by atoms with Gasteiger partial charge in [-0.3, -0.25) is 0 Å². The fourth-order valence-electron chi connectivity index (χ4n) is 8.75. The Hall–Kier alpha value is -4.36.